The Morgan fingerprint density at radius 3 is 2.63 bits per heavy atom. The Morgan fingerprint density at radius 1 is 1.23 bits per heavy atom. The summed E-state index contributed by atoms with van der Waals surface area (Å²) in [6, 6.07) is 7.21. The molecule has 170 valence electrons. The van der Waals surface area contributed by atoms with E-state index in [1.165, 1.54) is 6.07 Å². The van der Waals surface area contributed by atoms with Gasteiger partial charge in [-0.05, 0) is 24.1 Å². The lowest BCUT2D eigenvalue weighted by atomic mass is 9.84. The molecule has 2 unspecified atom stereocenters. The lowest BCUT2D eigenvalue weighted by molar-refractivity contribution is 0.00246. The van der Waals surface area contributed by atoms with Crippen molar-refractivity contribution in [2.45, 2.75) is 31.7 Å². The molecule has 2 fully saturated rings. The van der Waals surface area contributed by atoms with Crippen molar-refractivity contribution in [3.8, 4) is 0 Å². The van der Waals surface area contributed by atoms with Crippen LogP contribution in [0, 0.1) is 11.7 Å². The molecule has 0 spiro atoms. The van der Waals surface area contributed by atoms with Crippen LogP contribution >= 0.6 is 24.0 Å². The Bertz CT molecular complexity index is 677. The molecule has 0 radical (unpaired) electrons. The van der Waals surface area contributed by atoms with E-state index in [0.717, 1.165) is 64.0 Å². The lowest BCUT2D eigenvalue weighted by Crippen LogP contribution is -2.54. The van der Waals surface area contributed by atoms with E-state index >= 15 is 0 Å². The number of nitrogens with zero attached hydrogens (tertiary/aromatic N) is 2. The number of guanidine groups is 1. The molecule has 2 aliphatic heterocycles. The number of rotatable bonds is 7. The van der Waals surface area contributed by atoms with Crippen LogP contribution in [-0.2, 0) is 14.9 Å². The van der Waals surface area contributed by atoms with Gasteiger partial charge in [-0.3, -0.25) is 9.89 Å². The van der Waals surface area contributed by atoms with Gasteiger partial charge in [-0.2, -0.15) is 0 Å². The van der Waals surface area contributed by atoms with Crippen molar-refractivity contribution in [2.24, 2.45) is 10.9 Å². The molecule has 2 N–H and O–H groups in total. The van der Waals surface area contributed by atoms with E-state index in [9.17, 15) is 4.39 Å². The van der Waals surface area contributed by atoms with Crippen molar-refractivity contribution < 1.29 is 13.9 Å². The Kier molecular flexibility index (Phi) is 10.3. The van der Waals surface area contributed by atoms with E-state index in [-0.39, 0.29) is 35.2 Å². The van der Waals surface area contributed by atoms with Gasteiger partial charge in [0.25, 0.3) is 0 Å². The molecule has 1 aromatic rings. The summed E-state index contributed by atoms with van der Waals surface area (Å²) < 4.78 is 24.8. The van der Waals surface area contributed by atoms with Crippen LogP contribution in [0.3, 0.4) is 0 Å². The molecule has 2 aliphatic rings. The number of nitrogens with one attached hydrogen (secondary N) is 2. The van der Waals surface area contributed by atoms with Crippen LogP contribution in [0.5, 0.6) is 0 Å². The number of morpholine rings is 1. The summed E-state index contributed by atoms with van der Waals surface area (Å²) >= 11 is 0. The van der Waals surface area contributed by atoms with Gasteiger partial charge in [0.2, 0.25) is 0 Å². The zero-order valence-electron chi connectivity index (χ0n) is 18.3. The second kappa shape index (κ2) is 12.2. The van der Waals surface area contributed by atoms with Gasteiger partial charge in [-0.25, -0.2) is 4.39 Å². The molecule has 30 heavy (non-hydrogen) atoms. The second-order valence-electron chi connectivity index (χ2n) is 8.54. The van der Waals surface area contributed by atoms with Crippen molar-refractivity contribution >= 4 is 29.9 Å². The van der Waals surface area contributed by atoms with E-state index < -0.39 is 0 Å². The first-order chi connectivity index (χ1) is 14.0. The first-order valence-corrected chi connectivity index (χ1v) is 10.6. The minimum absolute atomic E-state index is 0. The Labute approximate surface area is 197 Å². The first kappa shape index (κ1) is 25.3. The summed E-state index contributed by atoms with van der Waals surface area (Å²) in [7, 11) is 1.78. The average molecular weight is 534 g/mol. The average Bonchev–Trinajstić information content (AvgIpc) is 3.26. The molecule has 6 nitrogen and oxygen atoms in total. The maximum Gasteiger partial charge on any atom is 0.191 e. The quantitative estimate of drug-likeness (QED) is 0.320. The van der Waals surface area contributed by atoms with Gasteiger partial charge in [0, 0.05) is 57.2 Å². The predicted molar refractivity (Wildman–Crippen MR) is 129 cm³/mol. The number of hydrogen-bond acceptors (Lipinski definition) is 4. The van der Waals surface area contributed by atoms with Gasteiger partial charge in [0.05, 0.1) is 19.8 Å². The fraction of sp³-hybridized carbons (Fsp3) is 0.682. The third kappa shape index (κ3) is 7.03. The monoisotopic (exact) mass is 534 g/mol. The second-order valence-corrected chi connectivity index (χ2v) is 8.54. The third-order valence-electron chi connectivity index (χ3n) is 6.03. The van der Waals surface area contributed by atoms with Gasteiger partial charge in [-0.1, -0.05) is 26.0 Å². The normalized spacial score (nSPS) is 21.7. The number of aliphatic imine (C=N–C) groups is 1. The van der Waals surface area contributed by atoms with Crippen molar-refractivity contribution in [1.82, 2.24) is 15.5 Å². The van der Waals surface area contributed by atoms with Gasteiger partial charge < -0.3 is 20.1 Å². The topological polar surface area (TPSA) is 58.1 Å². The molecule has 2 heterocycles. The van der Waals surface area contributed by atoms with Crippen LogP contribution < -0.4 is 10.6 Å². The maximum absolute atomic E-state index is 13.6. The Hall–Kier alpha value is -0.970. The summed E-state index contributed by atoms with van der Waals surface area (Å²) in [5.41, 5.74) is 0.748. The highest BCUT2D eigenvalue weighted by molar-refractivity contribution is 14.0. The standard InChI is InChI=1S/C22H35FN4O2.HI/c1-22(2,18-5-4-6-19(23)13-18)16-26-21(24-3)25-14-20(17-7-10-29-15-17)27-8-11-28-12-9-27;/h4-6,13,17,20H,7-12,14-16H2,1-3H3,(H2,24,25,26);1H. The van der Waals surface area contributed by atoms with Gasteiger partial charge in [0.1, 0.15) is 5.82 Å². The van der Waals surface area contributed by atoms with E-state index in [0.29, 0.717) is 18.5 Å². The van der Waals surface area contributed by atoms with E-state index in [2.05, 4.69) is 34.4 Å². The molecule has 0 aromatic heterocycles. The highest BCUT2D eigenvalue weighted by Crippen LogP contribution is 2.23. The van der Waals surface area contributed by atoms with Crippen molar-refractivity contribution in [2.75, 3.05) is 59.7 Å². The highest BCUT2D eigenvalue weighted by Gasteiger charge is 2.31. The van der Waals surface area contributed by atoms with Crippen LogP contribution in [0.2, 0.25) is 0 Å². The summed E-state index contributed by atoms with van der Waals surface area (Å²) in [4.78, 5) is 6.91. The fourth-order valence-electron chi connectivity index (χ4n) is 4.10. The summed E-state index contributed by atoms with van der Waals surface area (Å²) in [6.07, 6.45) is 1.10. The highest BCUT2D eigenvalue weighted by atomic mass is 127. The SMILES string of the molecule is CN=C(NCC(C1CCOC1)N1CCOCC1)NCC(C)(C)c1cccc(F)c1.I. The Morgan fingerprint density at radius 2 is 2.00 bits per heavy atom. The van der Waals surface area contributed by atoms with Crippen LogP contribution in [0.15, 0.2) is 29.3 Å². The predicted octanol–water partition coefficient (Wildman–Crippen LogP) is 2.62. The molecular weight excluding hydrogens is 498 g/mol. The summed E-state index contributed by atoms with van der Waals surface area (Å²) in [5, 5.41) is 6.92. The minimum atomic E-state index is -0.220. The molecular formula is C22H36FIN4O2. The summed E-state index contributed by atoms with van der Waals surface area (Å²) in [6.45, 7) is 10.9. The number of halogens is 2. The van der Waals surface area contributed by atoms with Crippen LogP contribution in [0.4, 0.5) is 4.39 Å². The molecule has 0 saturated carbocycles. The molecule has 1 aromatic carbocycles. The molecule has 0 bridgehead atoms. The van der Waals surface area contributed by atoms with E-state index in [4.69, 9.17) is 9.47 Å². The van der Waals surface area contributed by atoms with E-state index in [1.807, 2.05) is 6.07 Å². The van der Waals surface area contributed by atoms with Crippen molar-refractivity contribution in [3.05, 3.63) is 35.6 Å². The Balaban J connectivity index is 0.00000320. The molecule has 3 rings (SSSR count). The van der Waals surface area contributed by atoms with Gasteiger partial charge >= 0.3 is 0 Å². The zero-order chi connectivity index (χ0) is 20.7. The van der Waals surface area contributed by atoms with Crippen LogP contribution in [0.1, 0.15) is 25.8 Å². The summed E-state index contributed by atoms with van der Waals surface area (Å²) in [5.74, 6) is 1.10. The number of hydrogen-bond donors (Lipinski definition) is 2. The molecule has 8 heteroatoms. The number of ether oxygens (including phenoxy) is 2. The molecule has 2 atom stereocenters. The maximum atomic E-state index is 13.6. The van der Waals surface area contributed by atoms with Crippen LogP contribution in [0.25, 0.3) is 0 Å². The van der Waals surface area contributed by atoms with Gasteiger partial charge in [-0.15, -0.1) is 24.0 Å². The zero-order valence-corrected chi connectivity index (χ0v) is 20.7. The van der Waals surface area contributed by atoms with Crippen molar-refractivity contribution in [1.29, 1.82) is 0 Å². The lowest BCUT2D eigenvalue weighted by Gasteiger charge is -2.38. The minimum Gasteiger partial charge on any atom is -0.381 e. The third-order valence-corrected chi connectivity index (χ3v) is 6.03. The molecule has 2 saturated heterocycles. The number of benzene rings is 1. The molecule has 0 amide bonds. The van der Waals surface area contributed by atoms with E-state index in [1.54, 1.807) is 19.2 Å². The van der Waals surface area contributed by atoms with Crippen LogP contribution in [-0.4, -0.2) is 76.6 Å². The van der Waals surface area contributed by atoms with Crippen molar-refractivity contribution in [3.63, 3.8) is 0 Å². The largest absolute Gasteiger partial charge is 0.381 e. The fourth-order valence-corrected chi connectivity index (χ4v) is 4.10. The smallest absolute Gasteiger partial charge is 0.191 e. The molecule has 0 aliphatic carbocycles. The first-order valence-electron chi connectivity index (χ1n) is 10.6. The van der Waals surface area contributed by atoms with Gasteiger partial charge in [0.15, 0.2) is 5.96 Å².